The molecule has 1 aromatic heterocycles. The fraction of sp³-hybridized carbons (Fsp3) is 0.281. The number of hydrogen-bond acceptors (Lipinski definition) is 3. The number of likely N-dealkylation sites (tertiary alicyclic amines) is 1. The number of rotatable bonds is 8. The van der Waals surface area contributed by atoms with E-state index >= 15 is 0 Å². The Hall–Kier alpha value is -3.99. The van der Waals surface area contributed by atoms with E-state index in [1.54, 1.807) is 0 Å². The minimum Gasteiger partial charge on any atom is -0.481 e. The summed E-state index contributed by atoms with van der Waals surface area (Å²) in [6, 6.07) is 28.6. The minimum absolute atomic E-state index is 0.0551. The van der Waals surface area contributed by atoms with Gasteiger partial charge in [-0.3, -0.25) is 14.6 Å². The number of unbranched alkanes of at least 4 members (excludes halogenated alkanes) is 1. The highest BCUT2D eigenvalue weighted by Crippen LogP contribution is 2.30. The number of nitrogens with zero attached hydrogens (tertiary/aromatic N) is 2. The fourth-order valence-electron chi connectivity index (χ4n) is 5.31. The second kappa shape index (κ2) is 11.4. The number of carbonyl (C=O) groups excluding carboxylic acids is 1. The smallest absolute Gasteiger partial charge is 0.303 e. The minimum atomic E-state index is -0.773. The van der Waals surface area contributed by atoms with E-state index in [-0.39, 0.29) is 12.3 Å². The van der Waals surface area contributed by atoms with Crippen molar-refractivity contribution in [1.29, 1.82) is 0 Å². The van der Waals surface area contributed by atoms with Gasteiger partial charge >= 0.3 is 5.97 Å². The molecule has 0 radical (unpaired) electrons. The number of aromatic nitrogens is 1. The first-order valence-electron chi connectivity index (χ1n) is 13.1. The standard InChI is InChI=1S/C32H32N2O3/c35-31(36)16-8-7-15-29-28(24-12-5-2-6-13-24)20-25-17-18-26(21-30(25)33-29)32(37)34-19-9-14-27(22-34)23-10-3-1-4-11-23/h1-6,10-13,17-18,20-21,27H,7-9,14-16,19,22H2,(H,35,36)/t27-/m0/s1. The van der Waals surface area contributed by atoms with E-state index in [0.717, 1.165) is 60.1 Å². The molecule has 1 aliphatic heterocycles. The van der Waals surface area contributed by atoms with Gasteiger partial charge in [-0.2, -0.15) is 0 Å². The van der Waals surface area contributed by atoms with Crippen LogP contribution in [0.5, 0.6) is 0 Å². The summed E-state index contributed by atoms with van der Waals surface area (Å²) in [6.45, 7) is 1.51. The molecule has 0 unspecified atom stereocenters. The van der Waals surface area contributed by atoms with Gasteiger partial charge in [-0.1, -0.05) is 66.7 Å². The van der Waals surface area contributed by atoms with Crippen molar-refractivity contribution in [3.05, 3.63) is 102 Å². The first-order chi connectivity index (χ1) is 18.1. The maximum Gasteiger partial charge on any atom is 0.303 e. The van der Waals surface area contributed by atoms with Crippen molar-refractivity contribution < 1.29 is 14.7 Å². The monoisotopic (exact) mass is 492 g/mol. The number of piperidine rings is 1. The zero-order chi connectivity index (χ0) is 25.6. The van der Waals surface area contributed by atoms with Gasteiger partial charge in [0.2, 0.25) is 0 Å². The van der Waals surface area contributed by atoms with E-state index in [0.29, 0.717) is 24.3 Å². The number of carboxylic acids is 1. The Kier molecular flexibility index (Phi) is 7.59. The zero-order valence-electron chi connectivity index (χ0n) is 21.0. The van der Waals surface area contributed by atoms with E-state index in [1.165, 1.54) is 5.56 Å². The number of pyridine rings is 1. The molecule has 5 nitrogen and oxygen atoms in total. The lowest BCUT2D eigenvalue weighted by Crippen LogP contribution is -2.39. The summed E-state index contributed by atoms with van der Waals surface area (Å²) >= 11 is 0. The van der Waals surface area contributed by atoms with Crippen LogP contribution in [-0.2, 0) is 11.2 Å². The van der Waals surface area contributed by atoms with Crippen molar-refractivity contribution in [3.63, 3.8) is 0 Å². The molecule has 2 heterocycles. The summed E-state index contributed by atoms with van der Waals surface area (Å²) in [4.78, 5) is 31.4. The van der Waals surface area contributed by atoms with Crippen molar-refractivity contribution in [2.75, 3.05) is 13.1 Å². The van der Waals surface area contributed by atoms with Crippen LogP contribution in [0.4, 0.5) is 0 Å². The second-order valence-electron chi connectivity index (χ2n) is 9.86. The number of aliphatic carboxylic acids is 1. The van der Waals surface area contributed by atoms with Crippen LogP contribution in [0.15, 0.2) is 84.9 Å². The van der Waals surface area contributed by atoms with Crippen LogP contribution in [0.1, 0.15) is 59.6 Å². The maximum absolute atomic E-state index is 13.5. The maximum atomic E-state index is 13.5. The third-order valence-electron chi connectivity index (χ3n) is 7.26. The summed E-state index contributed by atoms with van der Waals surface area (Å²) in [6.07, 6.45) is 4.30. The Morgan fingerprint density at radius 1 is 0.919 bits per heavy atom. The molecule has 3 aromatic carbocycles. The first kappa shape index (κ1) is 24.7. The van der Waals surface area contributed by atoms with Crippen LogP contribution in [0.2, 0.25) is 0 Å². The molecule has 1 aliphatic rings. The highest BCUT2D eigenvalue weighted by Gasteiger charge is 2.25. The lowest BCUT2D eigenvalue weighted by Gasteiger charge is -2.33. The highest BCUT2D eigenvalue weighted by molar-refractivity contribution is 5.98. The van der Waals surface area contributed by atoms with E-state index in [2.05, 4.69) is 42.5 Å². The molecule has 1 saturated heterocycles. The summed E-state index contributed by atoms with van der Waals surface area (Å²) < 4.78 is 0. The van der Waals surface area contributed by atoms with E-state index < -0.39 is 5.97 Å². The van der Waals surface area contributed by atoms with Crippen molar-refractivity contribution in [2.24, 2.45) is 0 Å². The van der Waals surface area contributed by atoms with Crippen LogP contribution in [0.25, 0.3) is 22.0 Å². The van der Waals surface area contributed by atoms with Gasteiger partial charge in [0.05, 0.1) is 5.52 Å². The van der Waals surface area contributed by atoms with Gasteiger partial charge in [0.25, 0.3) is 5.91 Å². The van der Waals surface area contributed by atoms with Gasteiger partial charge < -0.3 is 10.0 Å². The van der Waals surface area contributed by atoms with Gasteiger partial charge in [0.15, 0.2) is 0 Å². The zero-order valence-corrected chi connectivity index (χ0v) is 21.0. The van der Waals surface area contributed by atoms with Crippen molar-refractivity contribution in [2.45, 2.75) is 44.4 Å². The molecule has 0 saturated carbocycles. The molecule has 0 bridgehead atoms. The predicted octanol–water partition coefficient (Wildman–Crippen LogP) is 6.72. The molecular formula is C32H32N2O3. The van der Waals surface area contributed by atoms with Crippen LogP contribution >= 0.6 is 0 Å². The molecule has 4 aromatic rings. The van der Waals surface area contributed by atoms with Crippen LogP contribution in [0.3, 0.4) is 0 Å². The SMILES string of the molecule is O=C(O)CCCCc1nc2cc(C(=O)N3CCC[C@H](c4ccccc4)C3)ccc2cc1-c1ccccc1. The third kappa shape index (κ3) is 5.88. The van der Waals surface area contributed by atoms with E-state index in [1.807, 2.05) is 47.4 Å². The average Bonchev–Trinajstić information content (AvgIpc) is 2.95. The first-order valence-corrected chi connectivity index (χ1v) is 13.1. The summed E-state index contributed by atoms with van der Waals surface area (Å²) in [7, 11) is 0. The number of benzene rings is 3. The largest absolute Gasteiger partial charge is 0.481 e. The van der Waals surface area contributed by atoms with Gasteiger partial charge in [0, 0.05) is 47.6 Å². The summed E-state index contributed by atoms with van der Waals surface area (Å²) in [5.74, 6) is -0.354. The lowest BCUT2D eigenvalue weighted by atomic mass is 9.90. The molecule has 1 fully saturated rings. The normalized spacial score (nSPS) is 15.6. The predicted molar refractivity (Wildman–Crippen MR) is 147 cm³/mol. The quantitative estimate of drug-likeness (QED) is 0.277. The topological polar surface area (TPSA) is 70.5 Å². The van der Waals surface area contributed by atoms with Crippen molar-refractivity contribution in [3.8, 4) is 11.1 Å². The second-order valence-corrected chi connectivity index (χ2v) is 9.86. The lowest BCUT2D eigenvalue weighted by molar-refractivity contribution is -0.137. The van der Waals surface area contributed by atoms with Gasteiger partial charge in [-0.25, -0.2) is 0 Å². The number of carbonyl (C=O) groups is 2. The number of amides is 1. The Labute approximate surface area is 217 Å². The molecule has 1 amide bonds. The highest BCUT2D eigenvalue weighted by atomic mass is 16.4. The number of carboxylic acid groups (broad SMARTS) is 1. The molecule has 1 N–H and O–H groups in total. The Bertz CT molecular complexity index is 1390. The van der Waals surface area contributed by atoms with Crippen molar-refractivity contribution >= 4 is 22.8 Å². The number of hydrogen-bond donors (Lipinski definition) is 1. The summed E-state index contributed by atoms with van der Waals surface area (Å²) in [5, 5.41) is 10.00. The van der Waals surface area contributed by atoms with Crippen LogP contribution in [-0.4, -0.2) is 40.0 Å². The molecule has 0 spiro atoms. The third-order valence-corrected chi connectivity index (χ3v) is 7.26. The molecule has 5 heteroatoms. The number of fused-ring (bicyclic) bond motifs is 1. The van der Waals surface area contributed by atoms with Gasteiger partial charge in [0.1, 0.15) is 0 Å². The Balaban J connectivity index is 1.41. The van der Waals surface area contributed by atoms with Crippen LogP contribution in [0, 0.1) is 0 Å². The molecule has 1 atom stereocenters. The van der Waals surface area contributed by atoms with Gasteiger partial charge in [-0.05, 0) is 61.4 Å². The van der Waals surface area contributed by atoms with E-state index in [4.69, 9.17) is 10.1 Å². The van der Waals surface area contributed by atoms with Crippen LogP contribution < -0.4 is 0 Å². The van der Waals surface area contributed by atoms with Gasteiger partial charge in [-0.15, -0.1) is 0 Å². The molecule has 5 rings (SSSR count). The molecule has 0 aliphatic carbocycles. The molecule has 37 heavy (non-hydrogen) atoms. The fourth-order valence-corrected chi connectivity index (χ4v) is 5.31. The molecular weight excluding hydrogens is 460 g/mol. The molecule has 188 valence electrons. The average molecular weight is 493 g/mol. The summed E-state index contributed by atoms with van der Waals surface area (Å²) in [5.41, 5.74) is 5.85. The Morgan fingerprint density at radius 2 is 1.68 bits per heavy atom. The van der Waals surface area contributed by atoms with E-state index in [9.17, 15) is 9.59 Å². The number of aryl methyl sites for hydroxylation is 1. The Morgan fingerprint density at radius 3 is 2.43 bits per heavy atom. The van der Waals surface area contributed by atoms with Crippen molar-refractivity contribution in [1.82, 2.24) is 9.88 Å².